The van der Waals surface area contributed by atoms with E-state index in [0.717, 1.165) is 0 Å². The lowest BCUT2D eigenvalue weighted by atomic mass is 10.3. The summed E-state index contributed by atoms with van der Waals surface area (Å²) in [6.07, 6.45) is -0.636. The molecule has 0 saturated heterocycles. The van der Waals surface area contributed by atoms with Gasteiger partial charge < -0.3 is 9.84 Å². The number of para-hydroxylation sites is 1. The third kappa shape index (κ3) is 3.15. The third-order valence-electron chi connectivity index (χ3n) is 2.15. The molecule has 2 N–H and O–H groups in total. The number of phenols is 1. The molecule has 0 heterocycles. The smallest absolute Gasteiger partial charge is 0.417 e. The molecule has 0 aliphatic heterocycles. The number of ether oxygens (including phenoxy) is 1. The Morgan fingerprint density at radius 2 is 1.89 bits per heavy atom. The summed E-state index contributed by atoms with van der Waals surface area (Å²) in [5.74, 6) is 0.336. The van der Waals surface area contributed by atoms with Crippen LogP contribution in [0.25, 0.3) is 0 Å². The van der Waals surface area contributed by atoms with Gasteiger partial charge in [-0.3, -0.25) is 5.32 Å². The molecule has 4 nitrogen and oxygen atoms in total. The van der Waals surface area contributed by atoms with E-state index in [-0.39, 0.29) is 10.8 Å². The first-order chi connectivity index (χ1) is 8.65. The van der Waals surface area contributed by atoms with E-state index in [9.17, 15) is 9.90 Å². The van der Waals surface area contributed by atoms with Crippen LogP contribution in [0.4, 0.5) is 10.5 Å². The van der Waals surface area contributed by atoms with Gasteiger partial charge in [-0.2, -0.15) is 0 Å². The molecule has 92 valence electrons. The zero-order valence-corrected chi connectivity index (χ0v) is 10.0. The van der Waals surface area contributed by atoms with E-state index in [1.54, 1.807) is 30.3 Å². The van der Waals surface area contributed by atoms with E-state index in [0.29, 0.717) is 11.4 Å². The van der Waals surface area contributed by atoms with Crippen LogP contribution in [0.1, 0.15) is 0 Å². The van der Waals surface area contributed by atoms with Crippen LogP contribution in [-0.4, -0.2) is 11.2 Å². The van der Waals surface area contributed by atoms with Crippen LogP contribution in [0.15, 0.2) is 48.5 Å². The van der Waals surface area contributed by atoms with Crippen LogP contribution in [0.2, 0.25) is 5.02 Å². The maximum atomic E-state index is 11.5. The van der Waals surface area contributed by atoms with Gasteiger partial charge in [0.05, 0.1) is 5.02 Å². The van der Waals surface area contributed by atoms with E-state index in [4.69, 9.17) is 16.3 Å². The highest BCUT2D eigenvalue weighted by Crippen LogP contribution is 2.26. The molecule has 2 aromatic rings. The van der Waals surface area contributed by atoms with Crippen molar-refractivity contribution in [1.29, 1.82) is 0 Å². The normalized spacial score (nSPS) is 9.83. The minimum atomic E-state index is -0.636. The van der Waals surface area contributed by atoms with Gasteiger partial charge in [-0.05, 0) is 24.3 Å². The van der Waals surface area contributed by atoms with Crippen molar-refractivity contribution in [2.75, 3.05) is 5.32 Å². The van der Waals surface area contributed by atoms with Crippen LogP contribution in [0, 0.1) is 0 Å². The summed E-state index contributed by atoms with van der Waals surface area (Å²) in [7, 11) is 0. The minimum absolute atomic E-state index is 0.103. The molecular weight excluding hydrogens is 254 g/mol. The molecule has 2 rings (SSSR count). The van der Waals surface area contributed by atoms with Gasteiger partial charge in [-0.15, -0.1) is 0 Å². The molecule has 0 aromatic heterocycles. The maximum Gasteiger partial charge on any atom is 0.417 e. The summed E-state index contributed by atoms with van der Waals surface area (Å²) in [5.41, 5.74) is 0.401. The molecule has 1 amide bonds. The van der Waals surface area contributed by atoms with Crippen LogP contribution in [0.3, 0.4) is 0 Å². The number of hydrogen-bond donors (Lipinski definition) is 2. The lowest BCUT2D eigenvalue weighted by Crippen LogP contribution is -2.16. The molecule has 2 aromatic carbocycles. The Hall–Kier alpha value is -2.20. The zero-order chi connectivity index (χ0) is 13.0. The van der Waals surface area contributed by atoms with Crippen LogP contribution in [0.5, 0.6) is 11.5 Å². The van der Waals surface area contributed by atoms with Gasteiger partial charge in [0.1, 0.15) is 11.5 Å². The van der Waals surface area contributed by atoms with Gasteiger partial charge in [-0.25, -0.2) is 4.79 Å². The van der Waals surface area contributed by atoms with Gasteiger partial charge in [0.15, 0.2) is 0 Å². The van der Waals surface area contributed by atoms with Gasteiger partial charge >= 0.3 is 6.09 Å². The number of nitrogens with one attached hydrogen (secondary N) is 1. The first kappa shape index (κ1) is 12.3. The molecule has 0 bridgehead atoms. The van der Waals surface area contributed by atoms with Crippen molar-refractivity contribution in [3.63, 3.8) is 0 Å². The fraction of sp³-hybridized carbons (Fsp3) is 0. The van der Waals surface area contributed by atoms with Crippen molar-refractivity contribution in [3.8, 4) is 11.5 Å². The molecule has 0 fully saturated rings. The number of phenolic OH excluding ortho intramolecular Hbond substituents is 1. The summed E-state index contributed by atoms with van der Waals surface area (Å²) in [6.45, 7) is 0. The molecular formula is C13H10ClNO3. The lowest BCUT2D eigenvalue weighted by Gasteiger charge is -2.07. The van der Waals surface area contributed by atoms with Crippen molar-refractivity contribution in [2.45, 2.75) is 0 Å². The monoisotopic (exact) mass is 263 g/mol. The third-order valence-corrected chi connectivity index (χ3v) is 2.47. The van der Waals surface area contributed by atoms with Crippen LogP contribution < -0.4 is 10.1 Å². The number of aromatic hydroxyl groups is 1. The number of carbonyl (C=O) groups excluding carboxylic acids is 1. The van der Waals surface area contributed by atoms with Crippen molar-refractivity contribution in [2.24, 2.45) is 0 Å². The van der Waals surface area contributed by atoms with Gasteiger partial charge in [0, 0.05) is 11.8 Å². The molecule has 0 saturated carbocycles. The Balaban J connectivity index is 2.01. The van der Waals surface area contributed by atoms with E-state index >= 15 is 0 Å². The number of halogens is 1. The predicted molar refractivity (Wildman–Crippen MR) is 69.2 cm³/mol. The summed E-state index contributed by atoms with van der Waals surface area (Å²) in [4.78, 5) is 11.5. The number of rotatable bonds is 2. The molecule has 0 spiro atoms. The summed E-state index contributed by atoms with van der Waals surface area (Å²) >= 11 is 5.65. The fourth-order valence-electron chi connectivity index (χ4n) is 1.33. The first-order valence-corrected chi connectivity index (χ1v) is 5.55. The Bertz CT molecular complexity index is 557. The van der Waals surface area contributed by atoms with Gasteiger partial charge in [0.2, 0.25) is 0 Å². The minimum Gasteiger partial charge on any atom is -0.506 e. The SMILES string of the molecule is O=C(Nc1ccc(Cl)c(O)c1)Oc1ccccc1. The first-order valence-electron chi connectivity index (χ1n) is 5.17. The second kappa shape index (κ2) is 5.42. The highest BCUT2D eigenvalue weighted by atomic mass is 35.5. The Kier molecular flexibility index (Phi) is 3.69. The number of carbonyl (C=O) groups is 1. The van der Waals surface area contributed by atoms with Crippen molar-refractivity contribution >= 4 is 23.4 Å². The number of anilines is 1. The van der Waals surface area contributed by atoms with E-state index in [1.807, 2.05) is 6.07 Å². The Labute approximate surface area is 109 Å². The summed E-state index contributed by atoms with van der Waals surface area (Å²) < 4.78 is 5.02. The second-order valence-corrected chi connectivity index (χ2v) is 3.90. The largest absolute Gasteiger partial charge is 0.506 e. The van der Waals surface area contributed by atoms with E-state index < -0.39 is 6.09 Å². The predicted octanol–water partition coefficient (Wildman–Crippen LogP) is 3.66. The topological polar surface area (TPSA) is 58.6 Å². The average molecular weight is 264 g/mol. The van der Waals surface area contributed by atoms with Gasteiger partial charge in [-0.1, -0.05) is 29.8 Å². The maximum absolute atomic E-state index is 11.5. The molecule has 0 atom stereocenters. The standard InChI is InChI=1S/C13H10ClNO3/c14-11-7-6-9(8-12(11)16)15-13(17)18-10-4-2-1-3-5-10/h1-8,16H,(H,15,17). The number of amides is 1. The van der Waals surface area contributed by atoms with Crippen LogP contribution >= 0.6 is 11.6 Å². The lowest BCUT2D eigenvalue weighted by molar-refractivity contribution is 0.215. The molecule has 5 heteroatoms. The van der Waals surface area contributed by atoms with E-state index in [2.05, 4.69) is 5.32 Å². The molecule has 0 unspecified atom stereocenters. The highest BCUT2D eigenvalue weighted by molar-refractivity contribution is 6.32. The highest BCUT2D eigenvalue weighted by Gasteiger charge is 2.06. The molecule has 0 aliphatic rings. The summed E-state index contributed by atoms with van der Waals surface area (Å²) in [6, 6.07) is 13.1. The quantitative estimate of drug-likeness (QED) is 0.869. The zero-order valence-electron chi connectivity index (χ0n) is 9.26. The molecule has 0 aliphatic carbocycles. The number of benzene rings is 2. The molecule has 0 radical (unpaired) electrons. The van der Waals surface area contributed by atoms with E-state index in [1.165, 1.54) is 12.1 Å². The molecule has 18 heavy (non-hydrogen) atoms. The Morgan fingerprint density at radius 3 is 2.56 bits per heavy atom. The average Bonchev–Trinajstić information content (AvgIpc) is 2.35. The Morgan fingerprint density at radius 1 is 1.17 bits per heavy atom. The summed E-state index contributed by atoms with van der Waals surface area (Å²) in [5, 5.41) is 12.1. The van der Waals surface area contributed by atoms with Crippen LogP contribution in [-0.2, 0) is 0 Å². The van der Waals surface area contributed by atoms with Crippen molar-refractivity contribution in [1.82, 2.24) is 0 Å². The van der Waals surface area contributed by atoms with Crippen molar-refractivity contribution < 1.29 is 14.6 Å². The van der Waals surface area contributed by atoms with Crippen molar-refractivity contribution in [3.05, 3.63) is 53.6 Å². The second-order valence-electron chi connectivity index (χ2n) is 3.49. The number of hydrogen-bond acceptors (Lipinski definition) is 3. The fourth-order valence-corrected chi connectivity index (χ4v) is 1.45. The van der Waals surface area contributed by atoms with Gasteiger partial charge in [0.25, 0.3) is 0 Å².